The van der Waals surface area contributed by atoms with Gasteiger partial charge < -0.3 is 4.90 Å². The van der Waals surface area contributed by atoms with Crippen LogP contribution in [0, 0.1) is 5.92 Å². The van der Waals surface area contributed by atoms with E-state index in [-0.39, 0.29) is 5.54 Å². The molecule has 1 atom stereocenters. The summed E-state index contributed by atoms with van der Waals surface area (Å²) in [7, 11) is 0. The zero-order valence-electron chi connectivity index (χ0n) is 12.9. The lowest BCUT2D eigenvalue weighted by atomic mass is 10.0. The van der Waals surface area contributed by atoms with Crippen LogP contribution in [0.25, 0.3) is 0 Å². The highest BCUT2D eigenvalue weighted by Crippen LogP contribution is 2.45. The molecule has 2 aliphatic carbocycles. The number of hydrogen-bond donors (Lipinski definition) is 1. The highest BCUT2D eigenvalue weighted by Gasteiger charge is 2.60. The van der Waals surface area contributed by atoms with Crippen LogP contribution in [-0.2, 0) is 4.79 Å². The first-order valence-corrected chi connectivity index (χ1v) is 9.83. The van der Waals surface area contributed by atoms with Crippen molar-refractivity contribution in [2.45, 2.75) is 50.2 Å². The van der Waals surface area contributed by atoms with Crippen molar-refractivity contribution in [2.75, 3.05) is 37.7 Å². The van der Waals surface area contributed by atoms with Gasteiger partial charge in [-0.1, -0.05) is 12.8 Å². The summed E-state index contributed by atoms with van der Waals surface area (Å²) in [4.78, 5) is 17.5. The molecule has 0 aromatic rings. The Kier molecular flexibility index (Phi) is 3.92. The molecule has 4 aliphatic rings. The van der Waals surface area contributed by atoms with Crippen molar-refractivity contribution in [3.05, 3.63) is 0 Å². The molecule has 4 rings (SSSR count). The summed E-state index contributed by atoms with van der Waals surface area (Å²) < 4.78 is 0. The standard InChI is InChI=1S/C16H27N3OS/c20-15-16(5-6-16)17-14(13-3-1-2-4-13)19(15)8-7-18-9-11-21-12-10-18/h13-14,17H,1-12H2. The van der Waals surface area contributed by atoms with E-state index >= 15 is 0 Å². The molecule has 21 heavy (non-hydrogen) atoms. The van der Waals surface area contributed by atoms with Crippen molar-refractivity contribution in [3.63, 3.8) is 0 Å². The molecule has 2 aliphatic heterocycles. The van der Waals surface area contributed by atoms with E-state index in [0.29, 0.717) is 18.0 Å². The third-order valence-corrected chi connectivity index (χ3v) is 6.73. The van der Waals surface area contributed by atoms with Crippen LogP contribution < -0.4 is 5.32 Å². The summed E-state index contributed by atoms with van der Waals surface area (Å²) in [6.07, 6.45) is 7.76. The first kappa shape index (κ1) is 14.3. The van der Waals surface area contributed by atoms with E-state index in [1.54, 1.807) is 0 Å². The summed E-state index contributed by atoms with van der Waals surface area (Å²) in [6.45, 7) is 4.38. The molecule has 0 bridgehead atoms. The minimum atomic E-state index is -0.134. The number of nitrogens with one attached hydrogen (secondary N) is 1. The van der Waals surface area contributed by atoms with Gasteiger partial charge in [0.05, 0.1) is 11.7 Å². The topological polar surface area (TPSA) is 35.6 Å². The first-order valence-electron chi connectivity index (χ1n) is 8.67. The molecular weight excluding hydrogens is 282 g/mol. The zero-order chi connectivity index (χ0) is 14.3. The van der Waals surface area contributed by atoms with E-state index in [1.165, 1.54) is 50.3 Å². The maximum Gasteiger partial charge on any atom is 0.244 e. The van der Waals surface area contributed by atoms with Gasteiger partial charge in [0.1, 0.15) is 0 Å². The number of nitrogens with zero attached hydrogens (tertiary/aromatic N) is 2. The van der Waals surface area contributed by atoms with Crippen molar-refractivity contribution in [2.24, 2.45) is 5.92 Å². The van der Waals surface area contributed by atoms with Crippen molar-refractivity contribution in [1.82, 2.24) is 15.1 Å². The van der Waals surface area contributed by atoms with Gasteiger partial charge in [-0.15, -0.1) is 0 Å². The van der Waals surface area contributed by atoms with Gasteiger partial charge in [-0.3, -0.25) is 15.0 Å². The predicted molar refractivity (Wildman–Crippen MR) is 86.3 cm³/mol. The Morgan fingerprint density at radius 3 is 2.52 bits per heavy atom. The number of carbonyl (C=O) groups excluding carboxylic acids is 1. The van der Waals surface area contributed by atoms with E-state index in [9.17, 15) is 4.79 Å². The molecule has 0 radical (unpaired) electrons. The molecule has 2 saturated heterocycles. The molecule has 2 heterocycles. The van der Waals surface area contributed by atoms with Crippen LogP contribution in [0.3, 0.4) is 0 Å². The molecule has 1 N–H and O–H groups in total. The fourth-order valence-corrected chi connectivity index (χ4v) is 5.25. The summed E-state index contributed by atoms with van der Waals surface area (Å²) in [6, 6.07) is 0. The summed E-state index contributed by atoms with van der Waals surface area (Å²) in [5, 5.41) is 3.72. The predicted octanol–water partition coefficient (Wildman–Crippen LogP) is 1.52. The molecule has 5 heteroatoms. The van der Waals surface area contributed by atoms with Gasteiger partial charge in [0.25, 0.3) is 0 Å². The Balaban J connectivity index is 1.41. The summed E-state index contributed by atoms with van der Waals surface area (Å²) >= 11 is 2.05. The third-order valence-electron chi connectivity index (χ3n) is 5.79. The van der Waals surface area contributed by atoms with Gasteiger partial charge in [-0.2, -0.15) is 11.8 Å². The highest BCUT2D eigenvalue weighted by molar-refractivity contribution is 7.99. The van der Waals surface area contributed by atoms with Crippen LogP contribution in [-0.4, -0.2) is 65.1 Å². The average Bonchev–Trinajstić information content (AvgIpc) is 2.99. The van der Waals surface area contributed by atoms with Crippen LogP contribution in [0.2, 0.25) is 0 Å². The smallest absolute Gasteiger partial charge is 0.244 e. The monoisotopic (exact) mass is 309 g/mol. The van der Waals surface area contributed by atoms with Crippen LogP contribution in [0.1, 0.15) is 38.5 Å². The fraction of sp³-hybridized carbons (Fsp3) is 0.938. The minimum absolute atomic E-state index is 0.134. The lowest BCUT2D eigenvalue weighted by Crippen LogP contribution is -2.46. The van der Waals surface area contributed by atoms with Crippen LogP contribution in [0.4, 0.5) is 0 Å². The van der Waals surface area contributed by atoms with E-state index in [0.717, 1.165) is 25.9 Å². The third kappa shape index (κ3) is 2.73. The SMILES string of the molecule is O=C1N(CCN2CCSCC2)C(C2CCCC2)NC12CC2. The van der Waals surface area contributed by atoms with E-state index in [1.807, 2.05) is 0 Å². The number of rotatable bonds is 4. The van der Waals surface area contributed by atoms with Gasteiger partial charge in [-0.25, -0.2) is 0 Å². The Morgan fingerprint density at radius 2 is 1.86 bits per heavy atom. The lowest BCUT2D eigenvalue weighted by Gasteiger charge is -2.32. The second-order valence-electron chi connectivity index (χ2n) is 7.17. The van der Waals surface area contributed by atoms with Crippen molar-refractivity contribution < 1.29 is 4.79 Å². The normalized spacial score (nSPS) is 33.2. The molecule has 1 unspecified atom stereocenters. The van der Waals surface area contributed by atoms with Crippen molar-refractivity contribution >= 4 is 17.7 Å². The van der Waals surface area contributed by atoms with Crippen LogP contribution in [0.5, 0.6) is 0 Å². The van der Waals surface area contributed by atoms with E-state index in [4.69, 9.17) is 0 Å². The fourth-order valence-electron chi connectivity index (χ4n) is 4.27. The summed E-state index contributed by atoms with van der Waals surface area (Å²) in [5.41, 5.74) is -0.134. The van der Waals surface area contributed by atoms with Gasteiger partial charge in [0, 0.05) is 37.7 Å². The average molecular weight is 309 g/mol. The van der Waals surface area contributed by atoms with Gasteiger partial charge in [0.15, 0.2) is 0 Å². The Bertz CT molecular complexity index is 400. The molecule has 0 aromatic carbocycles. The molecule has 1 amide bonds. The Hall–Kier alpha value is -0.260. The number of thioether (sulfide) groups is 1. The van der Waals surface area contributed by atoms with Gasteiger partial charge in [0.2, 0.25) is 5.91 Å². The second kappa shape index (κ2) is 5.74. The van der Waals surface area contributed by atoms with E-state index < -0.39 is 0 Å². The molecule has 4 fully saturated rings. The van der Waals surface area contributed by atoms with Crippen molar-refractivity contribution in [1.29, 1.82) is 0 Å². The maximum absolute atomic E-state index is 12.8. The van der Waals surface area contributed by atoms with Crippen LogP contribution >= 0.6 is 11.8 Å². The minimum Gasteiger partial charge on any atom is -0.324 e. The quantitative estimate of drug-likeness (QED) is 0.854. The molecule has 2 saturated carbocycles. The van der Waals surface area contributed by atoms with Gasteiger partial charge in [-0.05, 0) is 31.6 Å². The number of carbonyl (C=O) groups is 1. The van der Waals surface area contributed by atoms with Gasteiger partial charge >= 0.3 is 0 Å². The Labute approximate surface area is 132 Å². The van der Waals surface area contributed by atoms with Crippen molar-refractivity contribution in [3.8, 4) is 0 Å². The first-order chi connectivity index (χ1) is 10.3. The second-order valence-corrected chi connectivity index (χ2v) is 8.39. The number of amides is 1. The Morgan fingerprint density at radius 1 is 1.14 bits per heavy atom. The largest absolute Gasteiger partial charge is 0.324 e. The highest BCUT2D eigenvalue weighted by atomic mass is 32.2. The maximum atomic E-state index is 12.8. The molecule has 4 nitrogen and oxygen atoms in total. The summed E-state index contributed by atoms with van der Waals surface area (Å²) in [5.74, 6) is 3.61. The molecule has 118 valence electrons. The number of hydrogen-bond acceptors (Lipinski definition) is 4. The van der Waals surface area contributed by atoms with E-state index in [2.05, 4.69) is 26.9 Å². The molecule has 0 aromatic heterocycles. The molecular formula is C16H27N3OS. The zero-order valence-corrected chi connectivity index (χ0v) is 13.7. The van der Waals surface area contributed by atoms with Crippen LogP contribution in [0.15, 0.2) is 0 Å². The lowest BCUT2D eigenvalue weighted by molar-refractivity contribution is -0.131. The molecule has 1 spiro atoms.